The van der Waals surface area contributed by atoms with Gasteiger partial charge in [0.25, 0.3) is 0 Å². The number of benzene rings is 2. The van der Waals surface area contributed by atoms with E-state index >= 15 is 0 Å². The number of hydrogen-bond acceptors (Lipinski definition) is 11. The molecule has 0 aliphatic carbocycles. The molecule has 0 bridgehead atoms. The number of aliphatic hydroxyl groups is 1. The molecule has 0 aliphatic rings. The van der Waals surface area contributed by atoms with Crippen molar-refractivity contribution in [3.8, 4) is 11.5 Å². The number of carbonyl (C=O) groups excluding carboxylic acids is 2. The third kappa shape index (κ3) is 27.2. The molecule has 0 amide bonds. The zero-order valence-corrected chi connectivity index (χ0v) is 30.3. The summed E-state index contributed by atoms with van der Waals surface area (Å²) in [4.78, 5) is 31.1. The van der Waals surface area contributed by atoms with Gasteiger partial charge in [0.05, 0.1) is 25.5 Å². The highest BCUT2D eigenvalue weighted by Crippen LogP contribution is 2.50. The molecule has 0 saturated carbocycles. The molecule has 0 fully saturated rings. The molecule has 2 rings (SSSR count). The van der Waals surface area contributed by atoms with Crippen LogP contribution < -0.4 is 9.05 Å². The zero-order valence-electron chi connectivity index (χ0n) is 26.2. The standard InChI is InChI=1S/C14H21O5P.C9H13O3P.C5H10O3.CH4.Cl2OS/c1-4-11-20(16,18-12(3)14(15)17-5-2)19-13-9-7-6-8-10-13;1-2-8-13(10,11)12-9-6-4-3-5-7-9;1-3-8-5(7)4(2)6;;1-4(2)3/h6-10,12H,4-5,11H2,1-3H3;3-7H,2,8H2,1H3,(H,10,11);4,6H,3H2,1-2H3;1H4;/t12-,20?;;4-;;/m0.0../s1. The average Bonchev–Trinajstić information content (AvgIpc) is 2.94. The molecule has 0 spiro atoms. The molecule has 0 aliphatic heterocycles. The fourth-order valence-corrected chi connectivity index (χ4v) is 5.72. The van der Waals surface area contributed by atoms with E-state index in [1.54, 1.807) is 62.4 Å². The molecule has 12 nitrogen and oxygen atoms in total. The van der Waals surface area contributed by atoms with Crippen molar-refractivity contribution in [3.05, 3.63) is 60.7 Å². The van der Waals surface area contributed by atoms with Crippen LogP contribution >= 0.6 is 36.6 Å². The van der Waals surface area contributed by atoms with Gasteiger partial charge in [-0.3, -0.25) is 4.52 Å². The summed E-state index contributed by atoms with van der Waals surface area (Å²) in [6.45, 7) is 10.6. The summed E-state index contributed by atoms with van der Waals surface area (Å²) < 4.78 is 58.1. The Bertz CT molecular complexity index is 1190. The number of aliphatic hydroxyl groups excluding tert-OH is 1. The Labute approximate surface area is 284 Å². The van der Waals surface area contributed by atoms with E-state index in [4.69, 9.17) is 27.6 Å². The second-order valence-electron chi connectivity index (χ2n) is 8.62. The van der Waals surface area contributed by atoms with Gasteiger partial charge in [-0.25, -0.2) is 22.9 Å². The summed E-state index contributed by atoms with van der Waals surface area (Å²) >= 11 is 0. The van der Waals surface area contributed by atoms with Crippen LogP contribution in [-0.2, 0) is 41.9 Å². The van der Waals surface area contributed by atoms with Crippen molar-refractivity contribution in [2.45, 2.75) is 74.0 Å². The molecule has 0 radical (unpaired) electrons. The van der Waals surface area contributed by atoms with Gasteiger partial charge in [-0.05, 0) is 64.8 Å². The summed E-state index contributed by atoms with van der Waals surface area (Å²) in [7, 11) is 0.568. The highest BCUT2D eigenvalue weighted by atomic mass is 36.0. The largest absolute Gasteiger partial charge is 0.464 e. The lowest BCUT2D eigenvalue weighted by molar-refractivity contribution is -0.152. The van der Waals surface area contributed by atoms with Crippen LogP contribution in [0.2, 0.25) is 0 Å². The molecule has 4 atom stereocenters. The molecule has 2 aromatic rings. The lowest BCUT2D eigenvalue weighted by Crippen LogP contribution is -2.23. The normalized spacial score (nSPS) is 13.8. The Hall–Kier alpha value is -1.95. The maximum atomic E-state index is 12.6. The third-order valence-electron chi connectivity index (χ3n) is 4.55. The van der Waals surface area contributed by atoms with Crippen molar-refractivity contribution in [2.75, 3.05) is 25.5 Å². The Balaban J connectivity index is -0.000000610. The van der Waals surface area contributed by atoms with Crippen molar-refractivity contribution in [1.29, 1.82) is 0 Å². The Morgan fingerprint density at radius 1 is 0.783 bits per heavy atom. The highest BCUT2D eigenvalue weighted by Gasteiger charge is 2.31. The van der Waals surface area contributed by atoms with Crippen molar-refractivity contribution in [2.24, 2.45) is 0 Å². The van der Waals surface area contributed by atoms with E-state index in [1.807, 2.05) is 26.0 Å². The molecule has 2 unspecified atom stereocenters. The minimum absolute atomic E-state index is 0. The summed E-state index contributed by atoms with van der Waals surface area (Å²) in [5, 5.41) is 8.48. The quantitative estimate of drug-likeness (QED) is 0.109. The average molecular weight is 754 g/mol. The summed E-state index contributed by atoms with van der Waals surface area (Å²) in [6, 6.07) is 17.5. The van der Waals surface area contributed by atoms with E-state index in [0.717, 1.165) is 0 Å². The smallest absolute Gasteiger partial charge is 0.379 e. The molecule has 17 heteroatoms. The first-order valence-electron chi connectivity index (χ1n) is 13.9. The Morgan fingerprint density at radius 3 is 1.52 bits per heavy atom. The maximum absolute atomic E-state index is 12.6. The van der Waals surface area contributed by atoms with Gasteiger partial charge in [-0.1, -0.05) is 57.7 Å². The number of hydrogen-bond donors (Lipinski definition) is 2. The van der Waals surface area contributed by atoms with Gasteiger partial charge in [0.1, 0.15) is 17.6 Å². The second-order valence-corrected chi connectivity index (χ2v) is 15.1. The number of halogens is 2. The van der Waals surface area contributed by atoms with Gasteiger partial charge < -0.3 is 28.5 Å². The summed E-state index contributed by atoms with van der Waals surface area (Å²) in [5.74, 6) is -0.199. The fourth-order valence-electron chi connectivity index (χ4n) is 2.82. The number of carbonyl (C=O) groups is 2. The minimum atomic E-state index is -3.41. The molecule has 46 heavy (non-hydrogen) atoms. The maximum Gasteiger partial charge on any atom is 0.379 e. The topological polar surface area (TPSA) is 172 Å². The predicted molar refractivity (Wildman–Crippen MR) is 184 cm³/mol. The minimum Gasteiger partial charge on any atom is -0.464 e. The predicted octanol–water partition coefficient (Wildman–Crippen LogP) is 7.91. The van der Waals surface area contributed by atoms with Crippen LogP contribution in [0, 0.1) is 0 Å². The number of rotatable bonds is 14. The van der Waals surface area contributed by atoms with Crippen molar-refractivity contribution < 1.29 is 56.0 Å². The highest BCUT2D eigenvalue weighted by molar-refractivity contribution is 8.26. The van der Waals surface area contributed by atoms with Gasteiger partial charge in [0.2, 0.25) is 9.23 Å². The molecule has 2 aromatic carbocycles. The summed E-state index contributed by atoms with van der Waals surface area (Å²) in [5.41, 5.74) is 0. The van der Waals surface area contributed by atoms with Crippen LogP contribution in [0.5, 0.6) is 11.5 Å². The second kappa shape index (κ2) is 28.1. The van der Waals surface area contributed by atoms with Gasteiger partial charge in [0, 0.05) is 21.4 Å². The first-order valence-corrected chi connectivity index (χ1v) is 20.2. The van der Waals surface area contributed by atoms with Gasteiger partial charge in [0.15, 0.2) is 6.10 Å². The van der Waals surface area contributed by atoms with Crippen LogP contribution in [0.1, 0.15) is 61.8 Å². The van der Waals surface area contributed by atoms with E-state index in [-0.39, 0.29) is 26.4 Å². The fraction of sp³-hybridized carbons (Fsp3) is 0.517. The molecule has 0 heterocycles. The van der Waals surface area contributed by atoms with E-state index in [9.17, 15) is 23.6 Å². The Kier molecular flexibility index (Phi) is 29.6. The monoisotopic (exact) mass is 752 g/mol. The molecular weight excluding hydrogens is 705 g/mol. The molecule has 266 valence electrons. The van der Waals surface area contributed by atoms with Crippen LogP contribution in [-0.4, -0.2) is 63.9 Å². The lowest BCUT2D eigenvalue weighted by Gasteiger charge is -2.21. The van der Waals surface area contributed by atoms with Crippen LogP contribution in [0.15, 0.2) is 60.7 Å². The van der Waals surface area contributed by atoms with Gasteiger partial charge in [-0.2, -0.15) is 0 Å². The SMILES string of the molecule is C.CCCP(=O)(O)Oc1ccccc1.CCCP(=O)(Oc1ccccc1)O[C@@H](C)C(=O)OCC.CCOC(=O)[C@H](C)O.O=S(Cl)Cl. The van der Waals surface area contributed by atoms with Crippen LogP contribution in [0.3, 0.4) is 0 Å². The molecular formula is C29H48Cl2O12P2S. The Morgan fingerprint density at radius 2 is 1.17 bits per heavy atom. The van der Waals surface area contributed by atoms with E-state index < -0.39 is 48.6 Å². The van der Waals surface area contributed by atoms with Crippen molar-refractivity contribution in [3.63, 3.8) is 0 Å². The van der Waals surface area contributed by atoms with Crippen LogP contribution in [0.4, 0.5) is 0 Å². The van der Waals surface area contributed by atoms with Gasteiger partial charge >= 0.3 is 27.1 Å². The zero-order chi connectivity index (χ0) is 34.9. The molecule has 2 N–H and O–H groups in total. The number of para-hydroxylation sites is 2. The third-order valence-corrected chi connectivity index (χ3v) is 8.18. The van der Waals surface area contributed by atoms with Crippen molar-refractivity contribution in [1.82, 2.24) is 0 Å². The number of ether oxygens (including phenoxy) is 2. The lowest BCUT2D eigenvalue weighted by atomic mass is 10.3. The first-order chi connectivity index (χ1) is 21.1. The number of esters is 2. The van der Waals surface area contributed by atoms with Gasteiger partial charge in [-0.15, -0.1) is 0 Å². The van der Waals surface area contributed by atoms with E-state index in [1.165, 1.54) is 13.8 Å². The molecule has 0 aromatic heterocycles. The molecule has 0 saturated heterocycles. The van der Waals surface area contributed by atoms with Crippen LogP contribution in [0.25, 0.3) is 0 Å². The van der Waals surface area contributed by atoms with Crippen molar-refractivity contribution >= 4 is 57.7 Å². The van der Waals surface area contributed by atoms with E-state index in [2.05, 4.69) is 26.1 Å². The van der Waals surface area contributed by atoms with E-state index in [0.29, 0.717) is 30.9 Å². The first kappa shape index (κ1) is 48.4. The summed E-state index contributed by atoms with van der Waals surface area (Å²) in [6.07, 6.45) is -0.209.